The number of imidazole rings is 1. The van der Waals surface area contributed by atoms with Gasteiger partial charge in [-0.1, -0.05) is 40.0 Å². The number of nitrogen functional groups attached to an aromatic ring is 1. The first-order valence-corrected chi connectivity index (χ1v) is 7.55. The van der Waals surface area contributed by atoms with Crippen molar-refractivity contribution in [1.29, 1.82) is 0 Å². The second-order valence-corrected chi connectivity index (χ2v) is 5.06. The summed E-state index contributed by atoms with van der Waals surface area (Å²) in [4.78, 5) is 16.1. The van der Waals surface area contributed by atoms with E-state index in [1.807, 2.05) is 11.5 Å². The summed E-state index contributed by atoms with van der Waals surface area (Å²) in [5, 5.41) is 0. The summed E-state index contributed by atoms with van der Waals surface area (Å²) in [6.07, 6.45) is 6.27. The molecule has 1 rings (SSSR count). The molecule has 1 unspecified atom stereocenters. The summed E-state index contributed by atoms with van der Waals surface area (Å²) in [6.45, 7) is 6.38. The minimum absolute atomic E-state index is 0.252. The van der Waals surface area contributed by atoms with Crippen molar-refractivity contribution in [3.8, 4) is 0 Å². The number of nitrogens with zero attached hydrogens (tertiary/aromatic N) is 2. The molecule has 1 heterocycles. The van der Waals surface area contributed by atoms with Crippen molar-refractivity contribution in [2.75, 3.05) is 12.8 Å². The molecule has 0 aliphatic heterocycles. The molecule has 0 aromatic carbocycles. The van der Waals surface area contributed by atoms with Gasteiger partial charge in [0, 0.05) is 12.5 Å². The zero-order valence-electron chi connectivity index (χ0n) is 13.1. The number of hydrogen-bond donors (Lipinski definition) is 1. The molecular weight excluding hydrogens is 254 g/mol. The number of hydrogen-bond acceptors (Lipinski definition) is 4. The SMILES string of the molecule is CCCCC(CCC)n1c(CC)nc(C(=O)OC)c1N. The Morgan fingerprint density at radius 2 is 2.00 bits per heavy atom. The topological polar surface area (TPSA) is 70.1 Å². The lowest BCUT2D eigenvalue weighted by atomic mass is 10.0. The number of methoxy groups -OCH3 is 1. The van der Waals surface area contributed by atoms with E-state index >= 15 is 0 Å². The number of anilines is 1. The van der Waals surface area contributed by atoms with Crippen molar-refractivity contribution >= 4 is 11.8 Å². The predicted molar refractivity (Wildman–Crippen MR) is 80.8 cm³/mol. The maximum absolute atomic E-state index is 11.7. The lowest BCUT2D eigenvalue weighted by Crippen LogP contribution is -2.15. The molecule has 1 atom stereocenters. The minimum atomic E-state index is -0.457. The number of aromatic nitrogens is 2. The normalized spacial score (nSPS) is 12.4. The summed E-state index contributed by atoms with van der Waals surface area (Å²) in [5.41, 5.74) is 6.41. The fourth-order valence-corrected chi connectivity index (χ4v) is 2.57. The van der Waals surface area contributed by atoms with Gasteiger partial charge in [0.05, 0.1) is 7.11 Å². The van der Waals surface area contributed by atoms with Gasteiger partial charge in [-0.2, -0.15) is 0 Å². The van der Waals surface area contributed by atoms with Crippen molar-refractivity contribution in [2.24, 2.45) is 0 Å². The third-order valence-corrected chi connectivity index (χ3v) is 3.59. The Morgan fingerprint density at radius 1 is 1.30 bits per heavy atom. The van der Waals surface area contributed by atoms with Crippen LogP contribution in [0.2, 0.25) is 0 Å². The van der Waals surface area contributed by atoms with Crippen LogP contribution in [0.4, 0.5) is 5.82 Å². The smallest absolute Gasteiger partial charge is 0.360 e. The van der Waals surface area contributed by atoms with Gasteiger partial charge in [-0.3, -0.25) is 0 Å². The Balaban J connectivity index is 3.17. The van der Waals surface area contributed by atoms with Gasteiger partial charge in [-0.25, -0.2) is 9.78 Å². The van der Waals surface area contributed by atoms with Crippen molar-refractivity contribution in [1.82, 2.24) is 9.55 Å². The molecular formula is C15H27N3O2. The van der Waals surface area contributed by atoms with Crippen LogP contribution >= 0.6 is 0 Å². The van der Waals surface area contributed by atoms with E-state index in [1.54, 1.807) is 0 Å². The van der Waals surface area contributed by atoms with Gasteiger partial charge in [0.1, 0.15) is 11.6 Å². The molecule has 0 radical (unpaired) electrons. The number of aryl methyl sites for hydroxylation is 1. The van der Waals surface area contributed by atoms with E-state index < -0.39 is 5.97 Å². The van der Waals surface area contributed by atoms with E-state index in [-0.39, 0.29) is 5.69 Å². The summed E-state index contributed by atoms with van der Waals surface area (Å²) in [5.74, 6) is 0.863. The fraction of sp³-hybridized carbons (Fsp3) is 0.733. The fourth-order valence-electron chi connectivity index (χ4n) is 2.57. The number of unbranched alkanes of at least 4 members (excludes halogenated alkanes) is 1. The number of rotatable bonds is 8. The van der Waals surface area contributed by atoms with Crippen LogP contribution in [0.5, 0.6) is 0 Å². The Labute approximate surface area is 121 Å². The molecule has 5 heteroatoms. The molecule has 2 N–H and O–H groups in total. The Bertz CT molecular complexity index is 441. The molecule has 0 aliphatic rings. The van der Waals surface area contributed by atoms with Gasteiger partial charge >= 0.3 is 5.97 Å². The monoisotopic (exact) mass is 281 g/mol. The minimum Gasteiger partial charge on any atom is -0.464 e. The van der Waals surface area contributed by atoms with Crippen molar-refractivity contribution in [2.45, 2.75) is 65.3 Å². The summed E-state index contributed by atoms with van der Waals surface area (Å²) in [6, 6.07) is 0.320. The summed E-state index contributed by atoms with van der Waals surface area (Å²) in [7, 11) is 1.35. The third kappa shape index (κ3) is 3.52. The summed E-state index contributed by atoms with van der Waals surface area (Å²) < 4.78 is 6.80. The second kappa shape index (κ2) is 7.92. The Morgan fingerprint density at radius 3 is 2.50 bits per heavy atom. The molecule has 0 bridgehead atoms. The molecule has 1 aromatic heterocycles. The molecule has 5 nitrogen and oxygen atoms in total. The van der Waals surface area contributed by atoms with Crippen LogP contribution in [-0.4, -0.2) is 22.6 Å². The second-order valence-electron chi connectivity index (χ2n) is 5.06. The van der Waals surface area contributed by atoms with E-state index in [0.29, 0.717) is 11.9 Å². The quantitative estimate of drug-likeness (QED) is 0.742. The lowest BCUT2D eigenvalue weighted by molar-refractivity contribution is 0.0595. The molecule has 0 saturated heterocycles. The highest BCUT2D eigenvalue weighted by molar-refractivity contribution is 5.92. The first-order valence-electron chi connectivity index (χ1n) is 7.55. The van der Waals surface area contributed by atoms with Crippen LogP contribution in [-0.2, 0) is 11.2 Å². The van der Waals surface area contributed by atoms with E-state index in [0.717, 1.165) is 44.3 Å². The molecule has 0 aliphatic carbocycles. The van der Waals surface area contributed by atoms with Crippen LogP contribution in [0, 0.1) is 0 Å². The standard InChI is InChI=1S/C15H27N3O2/c1-5-8-10-11(9-6-2)18-12(7-3)17-13(14(18)16)15(19)20-4/h11H,5-10,16H2,1-4H3. The van der Waals surface area contributed by atoms with Crippen LogP contribution in [0.15, 0.2) is 0 Å². The maximum atomic E-state index is 11.7. The molecule has 1 aromatic rings. The highest BCUT2D eigenvalue weighted by Crippen LogP contribution is 2.28. The third-order valence-electron chi connectivity index (χ3n) is 3.59. The van der Waals surface area contributed by atoms with Gasteiger partial charge < -0.3 is 15.0 Å². The van der Waals surface area contributed by atoms with E-state index in [2.05, 4.69) is 18.8 Å². The number of carbonyl (C=O) groups is 1. The zero-order chi connectivity index (χ0) is 15.1. The highest BCUT2D eigenvalue weighted by atomic mass is 16.5. The zero-order valence-corrected chi connectivity index (χ0v) is 13.1. The highest BCUT2D eigenvalue weighted by Gasteiger charge is 2.24. The van der Waals surface area contributed by atoms with Gasteiger partial charge in [0.2, 0.25) is 0 Å². The summed E-state index contributed by atoms with van der Waals surface area (Å²) >= 11 is 0. The van der Waals surface area contributed by atoms with Crippen molar-refractivity contribution < 1.29 is 9.53 Å². The van der Waals surface area contributed by atoms with Gasteiger partial charge in [-0.05, 0) is 12.8 Å². The average molecular weight is 281 g/mol. The first kappa shape index (κ1) is 16.5. The van der Waals surface area contributed by atoms with E-state index in [9.17, 15) is 4.79 Å². The van der Waals surface area contributed by atoms with Crippen LogP contribution in [0.1, 0.15) is 75.2 Å². The molecule has 0 amide bonds. The number of carbonyl (C=O) groups excluding carboxylic acids is 1. The lowest BCUT2D eigenvalue weighted by Gasteiger charge is -2.21. The van der Waals surface area contributed by atoms with Crippen LogP contribution < -0.4 is 5.73 Å². The number of nitrogens with two attached hydrogens (primary N) is 1. The Kier molecular flexibility index (Phi) is 6.55. The van der Waals surface area contributed by atoms with Crippen LogP contribution in [0.25, 0.3) is 0 Å². The van der Waals surface area contributed by atoms with Crippen LogP contribution in [0.3, 0.4) is 0 Å². The number of esters is 1. The van der Waals surface area contributed by atoms with Crippen molar-refractivity contribution in [3.63, 3.8) is 0 Å². The molecule has 20 heavy (non-hydrogen) atoms. The van der Waals surface area contributed by atoms with Gasteiger partial charge in [-0.15, -0.1) is 0 Å². The number of ether oxygens (including phenoxy) is 1. The van der Waals surface area contributed by atoms with Gasteiger partial charge in [0.15, 0.2) is 5.69 Å². The molecule has 0 saturated carbocycles. The Hall–Kier alpha value is -1.52. The maximum Gasteiger partial charge on any atom is 0.360 e. The van der Waals surface area contributed by atoms with Crippen molar-refractivity contribution in [3.05, 3.63) is 11.5 Å². The first-order chi connectivity index (χ1) is 9.60. The average Bonchev–Trinajstić information content (AvgIpc) is 2.79. The predicted octanol–water partition coefficient (Wildman–Crippen LogP) is 3.35. The van der Waals surface area contributed by atoms with E-state index in [1.165, 1.54) is 7.11 Å². The molecule has 0 fully saturated rings. The molecule has 114 valence electrons. The largest absolute Gasteiger partial charge is 0.464 e. The van der Waals surface area contributed by atoms with E-state index in [4.69, 9.17) is 10.5 Å². The molecule has 0 spiro atoms. The van der Waals surface area contributed by atoms with Gasteiger partial charge in [0.25, 0.3) is 0 Å².